The summed E-state index contributed by atoms with van der Waals surface area (Å²) in [6.07, 6.45) is 3.81. The summed E-state index contributed by atoms with van der Waals surface area (Å²) in [5.74, 6) is 1.47. The van der Waals surface area contributed by atoms with Crippen LogP contribution in [0, 0.1) is 20.8 Å². The van der Waals surface area contributed by atoms with Gasteiger partial charge in [-0.3, -0.25) is 14.6 Å². The standard InChI is InChI=1S/C21H28N8O/c1-16-12-17(2)29(24-16)20-4-5-21(30)28(25-20)11-10-26-6-8-27(9-7-26)15-19-13-22-18(3)23-14-19/h4-5,12-14H,6-11,15H2,1-3H3. The third-order valence-corrected chi connectivity index (χ3v) is 5.41. The first-order valence-corrected chi connectivity index (χ1v) is 10.3. The zero-order valence-electron chi connectivity index (χ0n) is 17.8. The van der Waals surface area contributed by atoms with Crippen molar-refractivity contribution in [2.45, 2.75) is 33.9 Å². The van der Waals surface area contributed by atoms with Crippen LogP contribution in [0.25, 0.3) is 5.82 Å². The van der Waals surface area contributed by atoms with Crippen molar-refractivity contribution in [2.24, 2.45) is 0 Å². The average molecular weight is 409 g/mol. The summed E-state index contributed by atoms with van der Waals surface area (Å²) in [7, 11) is 0. The number of piperazine rings is 1. The molecule has 0 radical (unpaired) electrons. The zero-order chi connectivity index (χ0) is 21.1. The van der Waals surface area contributed by atoms with Crippen LogP contribution < -0.4 is 5.56 Å². The Bertz CT molecular complexity index is 1050. The molecule has 0 aliphatic carbocycles. The summed E-state index contributed by atoms with van der Waals surface area (Å²) in [6.45, 7) is 12.0. The van der Waals surface area contributed by atoms with E-state index < -0.39 is 0 Å². The number of rotatable bonds is 6. The summed E-state index contributed by atoms with van der Waals surface area (Å²) in [6, 6.07) is 5.30. The van der Waals surface area contributed by atoms with Gasteiger partial charge < -0.3 is 0 Å². The lowest BCUT2D eigenvalue weighted by Gasteiger charge is -2.34. The predicted molar refractivity (Wildman–Crippen MR) is 114 cm³/mol. The molecule has 0 atom stereocenters. The van der Waals surface area contributed by atoms with Gasteiger partial charge in [-0.15, -0.1) is 5.10 Å². The first-order valence-electron chi connectivity index (χ1n) is 10.3. The van der Waals surface area contributed by atoms with Gasteiger partial charge >= 0.3 is 0 Å². The maximum atomic E-state index is 12.3. The second-order valence-electron chi connectivity index (χ2n) is 7.85. The van der Waals surface area contributed by atoms with Gasteiger partial charge in [0.15, 0.2) is 5.82 Å². The second-order valence-corrected chi connectivity index (χ2v) is 7.85. The lowest BCUT2D eigenvalue weighted by molar-refractivity contribution is 0.122. The molecule has 0 saturated carbocycles. The van der Waals surface area contributed by atoms with E-state index in [2.05, 4.69) is 30.0 Å². The maximum Gasteiger partial charge on any atom is 0.266 e. The Kier molecular flexibility index (Phi) is 6.01. The van der Waals surface area contributed by atoms with Crippen LogP contribution in [0.3, 0.4) is 0 Å². The van der Waals surface area contributed by atoms with Gasteiger partial charge in [0.2, 0.25) is 0 Å². The van der Waals surface area contributed by atoms with Gasteiger partial charge in [-0.25, -0.2) is 19.3 Å². The monoisotopic (exact) mass is 408 g/mol. The second kappa shape index (κ2) is 8.85. The summed E-state index contributed by atoms with van der Waals surface area (Å²) >= 11 is 0. The average Bonchev–Trinajstić information content (AvgIpc) is 3.08. The van der Waals surface area contributed by atoms with Gasteiger partial charge in [-0.2, -0.15) is 5.10 Å². The van der Waals surface area contributed by atoms with Crippen molar-refractivity contribution in [3.05, 3.63) is 63.7 Å². The predicted octanol–water partition coefficient (Wildman–Crippen LogP) is 0.962. The summed E-state index contributed by atoms with van der Waals surface area (Å²) in [4.78, 5) is 25.6. The number of hydrogen-bond acceptors (Lipinski definition) is 7. The maximum absolute atomic E-state index is 12.3. The largest absolute Gasteiger partial charge is 0.299 e. The van der Waals surface area contributed by atoms with Crippen LogP contribution in [0.1, 0.15) is 22.8 Å². The van der Waals surface area contributed by atoms with E-state index in [1.54, 1.807) is 21.5 Å². The molecule has 0 bridgehead atoms. The lowest BCUT2D eigenvalue weighted by Crippen LogP contribution is -2.47. The molecule has 1 aliphatic rings. The highest BCUT2D eigenvalue weighted by molar-refractivity contribution is 5.23. The molecule has 1 saturated heterocycles. The Hall–Kier alpha value is -2.91. The van der Waals surface area contributed by atoms with Gasteiger partial charge in [0, 0.05) is 69.0 Å². The van der Waals surface area contributed by atoms with E-state index in [1.807, 2.05) is 39.2 Å². The van der Waals surface area contributed by atoms with E-state index >= 15 is 0 Å². The normalized spacial score (nSPS) is 15.6. The Morgan fingerprint density at radius 1 is 0.900 bits per heavy atom. The van der Waals surface area contributed by atoms with Gasteiger partial charge in [0.05, 0.1) is 12.2 Å². The van der Waals surface area contributed by atoms with Crippen LogP contribution in [0.15, 0.2) is 35.4 Å². The number of aryl methyl sites for hydroxylation is 3. The fourth-order valence-corrected chi connectivity index (χ4v) is 3.74. The molecule has 0 amide bonds. The van der Waals surface area contributed by atoms with Crippen molar-refractivity contribution in [1.82, 2.24) is 39.3 Å². The van der Waals surface area contributed by atoms with Crippen molar-refractivity contribution in [3.8, 4) is 5.82 Å². The van der Waals surface area contributed by atoms with Crippen molar-refractivity contribution in [1.29, 1.82) is 0 Å². The summed E-state index contributed by atoms with van der Waals surface area (Å²) in [5, 5.41) is 9.00. The first kappa shape index (κ1) is 20.4. The molecular weight excluding hydrogens is 380 g/mol. The van der Waals surface area contributed by atoms with Gasteiger partial charge in [0.1, 0.15) is 5.82 Å². The third kappa shape index (κ3) is 4.80. The molecule has 3 aromatic heterocycles. The molecular formula is C21H28N8O. The highest BCUT2D eigenvalue weighted by Gasteiger charge is 2.17. The van der Waals surface area contributed by atoms with Crippen LogP contribution in [-0.4, -0.2) is 72.1 Å². The Morgan fingerprint density at radius 2 is 1.60 bits per heavy atom. The minimum absolute atomic E-state index is 0.0849. The molecule has 0 spiro atoms. The molecule has 9 nitrogen and oxygen atoms in total. The van der Waals surface area contributed by atoms with Crippen LogP contribution in [-0.2, 0) is 13.1 Å². The Labute approximate surface area is 176 Å². The molecule has 30 heavy (non-hydrogen) atoms. The molecule has 0 aromatic carbocycles. The van der Waals surface area contributed by atoms with Crippen LogP contribution in [0.5, 0.6) is 0 Å². The number of aromatic nitrogens is 6. The highest BCUT2D eigenvalue weighted by atomic mass is 16.1. The van der Waals surface area contributed by atoms with E-state index in [-0.39, 0.29) is 5.56 Å². The van der Waals surface area contributed by atoms with E-state index in [0.29, 0.717) is 12.4 Å². The minimum atomic E-state index is -0.0849. The smallest absolute Gasteiger partial charge is 0.266 e. The Morgan fingerprint density at radius 3 is 2.27 bits per heavy atom. The quantitative estimate of drug-likeness (QED) is 0.601. The van der Waals surface area contributed by atoms with Crippen molar-refractivity contribution in [2.75, 3.05) is 32.7 Å². The van der Waals surface area contributed by atoms with Crippen molar-refractivity contribution >= 4 is 0 Å². The van der Waals surface area contributed by atoms with Gasteiger partial charge in [0.25, 0.3) is 5.56 Å². The minimum Gasteiger partial charge on any atom is -0.299 e. The molecule has 158 valence electrons. The summed E-state index contributed by atoms with van der Waals surface area (Å²) < 4.78 is 3.32. The highest BCUT2D eigenvalue weighted by Crippen LogP contribution is 2.09. The molecule has 4 rings (SSSR count). The molecule has 3 aromatic rings. The van der Waals surface area contributed by atoms with Crippen LogP contribution in [0.4, 0.5) is 0 Å². The SMILES string of the molecule is Cc1cc(C)n(-c2ccc(=O)n(CCN3CCN(Cc4cnc(C)nc4)CC3)n2)n1. The van der Waals surface area contributed by atoms with Gasteiger partial charge in [-0.1, -0.05) is 0 Å². The third-order valence-electron chi connectivity index (χ3n) is 5.41. The zero-order valence-corrected chi connectivity index (χ0v) is 17.8. The molecule has 1 aliphatic heterocycles. The Balaban J connectivity index is 1.32. The van der Waals surface area contributed by atoms with Gasteiger partial charge in [-0.05, 0) is 32.9 Å². The summed E-state index contributed by atoms with van der Waals surface area (Å²) in [5.41, 5.74) is 2.99. The molecule has 1 fully saturated rings. The van der Waals surface area contributed by atoms with E-state index in [9.17, 15) is 4.79 Å². The topological polar surface area (TPSA) is 85.0 Å². The first-order chi connectivity index (χ1) is 14.5. The van der Waals surface area contributed by atoms with E-state index in [4.69, 9.17) is 0 Å². The van der Waals surface area contributed by atoms with Crippen molar-refractivity contribution in [3.63, 3.8) is 0 Å². The number of hydrogen-bond donors (Lipinski definition) is 0. The fraction of sp³-hybridized carbons (Fsp3) is 0.476. The number of nitrogens with zero attached hydrogens (tertiary/aromatic N) is 8. The fourth-order valence-electron chi connectivity index (χ4n) is 3.74. The van der Waals surface area contributed by atoms with Crippen LogP contribution in [0.2, 0.25) is 0 Å². The van der Waals surface area contributed by atoms with Crippen LogP contribution >= 0.6 is 0 Å². The molecule has 0 N–H and O–H groups in total. The molecule has 4 heterocycles. The van der Waals surface area contributed by atoms with Crippen molar-refractivity contribution < 1.29 is 0 Å². The molecule has 9 heteroatoms. The van der Waals surface area contributed by atoms with E-state index in [1.165, 1.54) is 0 Å². The van der Waals surface area contributed by atoms with E-state index in [0.717, 1.165) is 62.0 Å². The molecule has 0 unspecified atom stereocenters. The lowest BCUT2D eigenvalue weighted by atomic mass is 10.2.